The van der Waals surface area contributed by atoms with Crippen LogP contribution in [0.25, 0.3) is 20.8 Å². The van der Waals surface area contributed by atoms with E-state index in [1.807, 2.05) is 42.5 Å². The zero-order chi connectivity index (χ0) is 13.9. The highest BCUT2D eigenvalue weighted by Crippen LogP contribution is 2.37. The number of benzene rings is 2. The second-order valence-corrected chi connectivity index (χ2v) is 5.68. The lowest BCUT2D eigenvalue weighted by Crippen LogP contribution is -2.10. The molecule has 0 fully saturated rings. The summed E-state index contributed by atoms with van der Waals surface area (Å²) in [6.07, 6.45) is 0. The number of halogens is 1. The summed E-state index contributed by atoms with van der Waals surface area (Å²) in [5, 5.41) is 1.60. The fourth-order valence-corrected chi connectivity index (χ4v) is 3.26. The summed E-state index contributed by atoms with van der Waals surface area (Å²) in [6.45, 7) is 0.968. The molecule has 3 rings (SSSR count). The number of ether oxygens (including phenoxy) is 1. The summed E-state index contributed by atoms with van der Waals surface area (Å²) in [7, 11) is 0. The lowest BCUT2D eigenvalue weighted by molar-refractivity contribution is 0.331. The zero-order valence-electron chi connectivity index (χ0n) is 10.7. The Morgan fingerprint density at radius 2 is 2.00 bits per heavy atom. The van der Waals surface area contributed by atoms with Gasteiger partial charge in [-0.1, -0.05) is 35.9 Å². The number of nitrogens with zero attached hydrogens (tertiary/aromatic N) is 1. The van der Waals surface area contributed by atoms with E-state index in [1.54, 1.807) is 11.3 Å². The maximum Gasteiger partial charge on any atom is 0.146 e. The second kappa shape index (κ2) is 5.79. The number of hydrogen-bond donors (Lipinski definition) is 1. The molecule has 0 aliphatic heterocycles. The molecule has 5 heteroatoms. The van der Waals surface area contributed by atoms with Crippen molar-refractivity contribution in [2.75, 3.05) is 13.2 Å². The molecule has 1 aromatic heterocycles. The molecule has 0 aliphatic rings. The van der Waals surface area contributed by atoms with Crippen LogP contribution in [0.1, 0.15) is 0 Å². The molecule has 3 nitrogen and oxygen atoms in total. The van der Waals surface area contributed by atoms with E-state index in [4.69, 9.17) is 22.1 Å². The molecule has 0 amide bonds. The molecule has 0 saturated heterocycles. The van der Waals surface area contributed by atoms with Crippen LogP contribution in [-0.2, 0) is 0 Å². The number of aromatic nitrogens is 1. The van der Waals surface area contributed by atoms with Gasteiger partial charge >= 0.3 is 0 Å². The van der Waals surface area contributed by atoms with Crippen molar-refractivity contribution in [2.45, 2.75) is 0 Å². The molecule has 1 heterocycles. The van der Waals surface area contributed by atoms with Crippen molar-refractivity contribution < 1.29 is 4.74 Å². The van der Waals surface area contributed by atoms with E-state index in [0.717, 1.165) is 26.5 Å². The van der Waals surface area contributed by atoms with Crippen LogP contribution in [0.5, 0.6) is 5.75 Å². The Hall–Kier alpha value is -1.62. The summed E-state index contributed by atoms with van der Waals surface area (Å²) in [6, 6.07) is 13.6. The van der Waals surface area contributed by atoms with Gasteiger partial charge in [-0.2, -0.15) is 0 Å². The largest absolute Gasteiger partial charge is 0.490 e. The number of rotatable bonds is 4. The van der Waals surface area contributed by atoms with E-state index < -0.39 is 0 Å². The smallest absolute Gasteiger partial charge is 0.146 e. The SMILES string of the molecule is NCCOc1cccc2sc(-c3ccccc3Cl)nc12. The lowest BCUT2D eigenvalue weighted by Gasteiger charge is -2.04. The number of hydrogen-bond acceptors (Lipinski definition) is 4. The second-order valence-electron chi connectivity index (χ2n) is 4.24. The van der Waals surface area contributed by atoms with Crippen molar-refractivity contribution >= 4 is 33.2 Å². The molecule has 0 saturated carbocycles. The topological polar surface area (TPSA) is 48.1 Å². The van der Waals surface area contributed by atoms with Gasteiger partial charge in [0.25, 0.3) is 0 Å². The Kier molecular flexibility index (Phi) is 3.87. The first-order valence-electron chi connectivity index (χ1n) is 6.27. The molecule has 20 heavy (non-hydrogen) atoms. The highest BCUT2D eigenvalue weighted by molar-refractivity contribution is 7.21. The molecule has 102 valence electrons. The van der Waals surface area contributed by atoms with Gasteiger partial charge in [-0.05, 0) is 18.2 Å². The predicted octanol–water partition coefficient (Wildman–Crippen LogP) is 3.95. The number of para-hydroxylation sites is 1. The summed E-state index contributed by atoms with van der Waals surface area (Å²) in [4.78, 5) is 4.66. The Morgan fingerprint density at radius 1 is 1.15 bits per heavy atom. The third-order valence-corrected chi connectivity index (χ3v) is 4.25. The van der Waals surface area contributed by atoms with Gasteiger partial charge in [0, 0.05) is 12.1 Å². The van der Waals surface area contributed by atoms with E-state index in [-0.39, 0.29) is 0 Å². The predicted molar refractivity (Wildman–Crippen MR) is 84.6 cm³/mol. The average Bonchev–Trinajstić information content (AvgIpc) is 2.89. The van der Waals surface area contributed by atoms with Gasteiger partial charge < -0.3 is 10.5 Å². The van der Waals surface area contributed by atoms with Crippen LogP contribution in [0.15, 0.2) is 42.5 Å². The summed E-state index contributed by atoms with van der Waals surface area (Å²) < 4.78 is 6.71. The van der Waals surface area contributed by atoms with Crippen LogP contribution in [0.4, 0.5) is 0 Å². The maximum absolute atomic E-state index is 6.23. The van der Waals surface area contributed by atoms with Crippen molar-refractivity contribution in [2.24, 2.45) is 5.73 Å². The lowest BCUT2D eigenvalue weighted by atomic mass is 10.2. The van der Waals surface area contributed by atoms with Gasteiger partial charge in [0.05, 0.1) is 9.72 Å². The number of thiazole rings is 1. The van der Waals surface area contributed by atoms with Crippen molar-refractivity contribution in [3.63, 3.8) is 0 Å². The molecule has 0 spiro atoms. The van der Waals surface area contributed by atoms with Gasteiger partial charge in [0.1, 0.15) is 22.9 Å². The van der Waals surface area contributed by atoms with E-state index in [0.29, 0.717) is 18.2 Å². The van der Waals surface area contributed by atoms with Crippen LogP contribution in [0.3, 0.4) is 0 Å². The Balaban J connectivity index is 2.09. The molecule has 2 N–H and O–H groups in total. The fraction of sp³-hybridized carbons (Fsp3) is 0.133. The first-order valence-corrected chi connectivity index (χ1v) is 7.46. The maximum atomic E-state index is 6.23. The molecule has 0 atom stereocenters. The minimum atomic E-state index is 0.484. The van der Waals surface area contributed by atoms with Crippen molar-refractivity contribution in [1.82, 2.24) is 4.98 Å². The third kappa shape index (κ3) is 2.50. The van der Waals surface area contributed by atoms with Crippen LogP contribution in [0.2, 0.25) is 5.02 Å². The van der Waals surface area contributed by atoms with E-state index >= 15 is 0 Å². The molecular formula is C15H13ClN2OS. The molecule has 0 unspecified atom stereocenters. The third-order valence-electron chi connectivity index (χ3n) is 2.86. The van der Waals surface area contributed by atoms with Crippen LogP contribution < -0.4 is 10.5 Å². The molecule has 0 radical (unpaired) electrons. The standard InChI is InChI=1S/C15H13ClN2OS/c16-11-5-2-1-4-10(11)15-18-14-12(19-9-8-17)6-3-7-13(14)20-15/h1-7H,8-9,17H2. The molecular weight excluding hydrogens is 292 g/mol. The van der Waals surface area contributed by atoms with Gasteiger partial charge in [0.15, 0.2) is 0 Å². The summed E-state index contributed by atoms with van der Waals surface area (Å²) in [5.74, 6) is 0.766. The van der Waals surface area contributed by atoms with Gasteiger partial charge in [-0.25, -0.2) is 4.98 Å². The molecule has 2 aromatic carbocycles. The highest BCUT2D eigenvalue weighted by atomic mass is 35.5. The van der Waals surface area contributed by atoms with Crippen LogP contribution >= 0.6 is 22.9 Å². The highest BCUT2D eigenvalue weighted by Gasteiger charge is 2.12. The summed E-state index contributed by atoms with van der Waals surface area (Å²) in [5.41, 5.74) is 7.28. The van der Waals surface area contributed by atoms with Crippen molar-refractivity contribution in [3.05, 3.63) is 47.5 Å². The zero-order valence-corrected chi connectivity index (χ0v) is 12.2. The minimum Gasteiger partial charge on any atom is -0.490 e. The van der Waals surface area contributed by atoms with Crippen LogP contribution in [-0.4, -0.2) is 18.1 Å². The quantitative estimate of drug-likeness (QED) is 0.794. The Labute approximate surface area is 126 Å². The van der Waals surface area contributed by atoms with E-state index in [2.05, 4.69) is 4.98 Å². The van der Waals surface area contributed by atoms with E-state index in [1.165, 1.54) is 0 Å². The molecule has 0 aliphatic carbocycles. The number of nitrogens with two attached hydrogens (primary N) is 1. The first-order chi connectivity index (χ1) is 9.79. The first kappa shape index (κ1) is 13.4. The van der Waals surface area contributed by atoms with Crippen molar-refractivity contribution in [3.8, 4) is 16.3 Å². The van der Waals surface area contributed by atoms with Gasteiger partial charge in [0.2, 0.25) is 0 Å². The van der Waals surface area contributed by atoms with E-state index in [9.17, 15) is 0 Å². The van der Waals surface area contributed by atoms with Crippen LogP contribution in [0, 0.1) is 0 Å². The van der Waals surface area contributed by atoms with Gasteiger partial charge in [-0.3, -0.25) is 0 Å². The fourth-order valence-electron chi connectivity index (χ4n) is 1.96. The Bertz CT molecular complexity index is 742. The normalized spacial score (nSPS) is 10.9. The monoisotopic (exact) mass is 304 g/mol. The minimum absolute atomic E-state index is 0.484. The Morgan fingerprint density at radius 3 is 2.80 bits per heavy atom. The summed E-state index contributed by atoms with van der Waals surface area (Å²) >= 11 is 7.83. The average molecular weight is 305 g/mol. The molecule has 0 bridgehead atoms. The number of fused-ring (bicyclic) bond motifs is 1. The molecule has 3 aromatic rings. The van der Waals surface area contributed by atoms with Crippen molar-refractivity contribution in [1.29, 1.82) is 0 Å². The van der Waals surface area contributed by atoms with Gasteiger partial charge in [-0.15, -0.1) is 11.3 Å².